The molecule has 0 radical (unpaired) electrons. The van der Waals surface area contributed by atoms with E-state index in [0.29, 0.717) is 12.2 Å². The van der Waals surface area contributed by atoms with Crippen LogP contribution in [0.15, 0.2) is 78.9 Å². The van der Waals surface area contributed by atoms with E-state index in [2.05, 4.69) is 10.7 Å². The van der Waals surface area contributed by atoms with E-state index >= 15 is 0 Å². The van der Waals surface area contributed by atoms with Crippen LogP contribution in [-0.2, 0) is 4.79 Å². The minimum atomic E-state index is -0.745. The van der Waals surface area contributed by atoms with Crippen molar-refractivity contribution < 1.29 is 19.0 Å². The van der Waals surface area contributed by atoms with Crippen LogP contribution in [0.25, 0.3) is 0 Å². The van der Waals surface area contributed by atoms with Gasteiger partial charge in [-0.1, -0.05) is 48.0 Å². The largest absolute Gasteiger partial charge is 0.494 e. The van der Waals surface area contributed by atoms with Crippen molar-refractivity contribution in [2.24, 2.45) is 0 Å². The second-order valence-electron chi connectivity index (χ2n) is 7.69. The number of amides is 2. The fraction of sp³-hybridized carbons (Fsp3) is 0.192. The number of hydrazone groups is 1. The van der Waals surface area contributed by atoms with E-state index in [1.165, 1.54) is 0 Å². The van der Waals surface area contributed by atoms with Gasteiger partial charge in [0, 0.05) is 16.7 Å². The molecule has 4 rings (SSSR count). The molecule has 1 heterocycles. The zero-order valence-electron chi connectivity index (χ0n) is 18.1. The van der Waals surface area contributed by atoms with Crippen molar-refractivity contribution >= 4 is 18.0 Å². The quantitative estimate of drug-likeness (QED) is 0.591. The fourth-order valence-corrected chi connectivity index (χ4v) is 3.74. The van der Waals surface area contributed by atoms with Gasteiger partial charge in [0.1, 0.15) is 5.75 Å². The highest BCUT2D eigenvalue weighted by Gasteiger charge is 2.47. The Kier molecular flexibility index (Phi) is 6.31. The Balaban J connectivity index is 1.64. The number of carbonyl (C=O) groups is 2. The van der Waals surface area contributed by atoms with Crippen molar-refractivity contribution in [3.8, 4) is 5.75 Å². The molecule has 0 saturated carbocycles. The van der Waals surface area contributed by atoms with Crippen LogP contribution in [0.3, 0.4) is 0 Å². The summed E-state index contributed by atoms with van der Waals surface area (Å²) in [5.74, 6) is 0.244. The molecule has 0 aliphatic carbocycles. The number of hydrogen-bond donors (Lipinski definition) is 2. The summed E-state index contributed by atoms with van der Waals surface area (Å²) in [5.41, 5.74) is 6.31. The lowest BCUT2D eigenvalue weighted by Gasteiger charge is -2.14. The van der Waals surface area contributed by atoms with Gasteiger partial charge in [0.05, 0.1) is 6.61 Å². The van der Waals surface area contributed by atoms with Crippen molar-refractivity contribution in [3.63, 3.8) is 0 Å². The van der Waals surface area contributed by atoms with Crippen LogP contribution in [0.5, 0.6) is 5.75 Å². The van der Waals surface area contributed by atoms with E-state index in [0.717, 1.165) is 22.4 Å². The van der Waals surface area contributed by atoms with Crippen LogP contribution in [0, 0.1) is 6.92 Å². The average Bonchev–Trinajstić information content (AvgIpc) is 3.10. The number of carbonyl (C=O) groups excluding carboxylic acids is 2. The summed E-state index contributed by atoms with van der Waals surface area (Å²) in [5, 5.41) is 2.92. The van der Waals surface area contributed by atoms with Crippen molar-refractivity contribution in [2.75, 3.05) is 6.61 Å². The van der Waals surface area contributed by atoms with Gasteiger partial charge >= 0.3 is 5.91 Å². The van der Waals surface area contributed by atoms with Crippen LogP contribution < -0.4 is 15.5 Å². The smallest absolute Gasteiger partial charge is 0.304 e. The first-order valence-electron chi connectivity index (χ1n) is 10.6. The zero-order chi connectivity index (χ0) is 22.5. The van der Waals surface area contributed by atoms with Crippen LogP contribution in [-0.4, -0.2) is 35.4 Å². The summed E-state index contributed by atoms with van der Waals surface area (Å²) in [6.45, 7) is 4.51. The minimum Gasteiger partial charge on any atom is -0.494 e. The molecular formula is C26H26N3O3+. The van der Waals surface area contributed by atoms with Gasteiger partial charge in [-0.25, -0.2) is 0 Å². The minimum absolute atomic E-state index is 0.262. The maximum atomic E-state index is 12.9. The normalized spacial score (nSPS) is 18.9. The Morgan fingerprint density at radius 3 is 2.38 bits per heavy atom. The molecule has 0 aromatic heterocycles. The third-order valence-corrected chi connectivity index (χ3v) is 5.36. The van der Waals surface area contributed by atoms with Crippen LogP contribution in [0.1, 0.15) is 40.0 Å². The molecule has 162 valence electrons. The topological polar surface area (TPSA) is 70.4 Å². The molecular weight excluding hydrogens is 402 g/mol. The Bertz CT molecular complexity index is 1120. The Morgan fingerprint density at radius 1 is 1.03 bits per heavy atom. The Morgan fingerprint density at radius 2 is 1.72 bits per heavy atom. The number of aryl methyl sites for hydroxylation is 1. The molecule has 6 heteroatoms. The van der Waals surface area contributed by atoms with Crippen molar-refractivity contribution in [1.82, 2.24) is 10.7 Å². The van der Waals surface area contributed by atoms with Gasteiger partial charge in [-0.15, -0.1) is 10.1 Å². The van der Waals surface area contributed by atoms with Crippen molar-refractivity contribution in [1.29, 1.82) is 0 Å². The van der Waals surface area contributed by atoms with Gasteiger partial charge < -0.3 is 10.1 Å². The molecule has 2 atom stereocenters. The maximum absolute atomic E-state index is 12.9. The van der Waals surface area contributed by atoms with Gasteiger partial charge in [0.25, 0.3) is 5.91 Å². The molecule has 3 aromatic rings. The maximum Gasteiger partial charge on any atom is 0.304 e. The van der Waals surface area contributed by atoms with E-state index in [1.54, 1.807) is 16.8 Å². The van der Waals surface area contributed by atoms with Crippen LogP contribution in [0.4, 0.5) is 0 Å². The molecule has 32 heavy (non-hydrogen) atoms. The SMILES string of the molecule is CCOc1ccc(/C=[N+]2\NC(=O)[C@@H](NC(=O)c3ccc(C)cc3)[C@H]2c2ccccc2)cc1. The second-order valence-corrected chi connectivity index (χ2v) is 7.69. The lowest BCUT2D eigenvalue weighted by Crippen LogP contribution is -2.42. The average molecular weight is 429 g/mol. The first kappa shape index (κ1) is 21.3. The predicted molar refractivity (Wildman–Crippen MR) is 123 cm³/mol. The molecule has 1 fully saturated rings. The van der Waals surface area contributed by atoms with E-state index in [1.807, 2.05) is 86.8 Å². The number of ether oxygens (including phenoxy) is 1. The summed E-state index contributed by atoms with van der Waals surface area (Å²) in [4.78, 5) is 25.8. The van der Waals surface area contributed by atoms with Crippen molar-refractivity contribution in [2.45, 2.75) is 25.9 Å². The Labute approximate surface area is 187 Å². The van der Waals surface area contributed by atoms with Crippen LogP contribution in [0.2, 0.25) is 0 Å². The standard InChI is InChI=1S/C26H25N3O3/c1-3-32-22-15-11-19(12-16-22)17-29-24(20-7-5-4-6-8-20)23(26(31)28-29)27-25(30)21-13-9-18(2)10-14-21/h4-17,23-24H,3H2,1-2H3,(H-,27,28,30,31)/p+1/b29-17-/t23-,24+/m0/s1. The van der Waals surface area contributed by atoms with E-state index in [4.69, 9.17) is 4.74 Å². The lowest BCUT2D eigenvalue weighted by molar-refractivity contribution is -0.596. The monoisotopic (exact) mass is 428 g/mol. The fourth-order valence-electron chi connectivity index (χ4n) is 3.74. The number of hydrazine groups is 1. The summed E-state index contributed by atoms with van der Waals surface area (Å²) >= 11 is 0. The number of rotatable bonds is 6. The zero-order valence-corrected chi connectivity index (χ0v) is 18.1. The molecule has 3 aromatic carbocycles. The number of hydrogen-bond acceptors (Lipinski definition) is 3. The molecule has 1 saturated heterocycles. The predicted octanol–water partition coefficient (Wildman–Crippen LogP) is 3.41. The first-order chi connectivity index (χ1) is 15.5. The second kappa shape index (κ2) is 9.47. The van der Waals surface area contributed by atoms with E-state index in [-0.39, 0.29) is 11.8 Å². The first-order valence-corrected chi connectivity index (χ1v) is 10.6. The highest BCUT2D eigenvalue weighted by molar-refractivity contribution is 5.98. The lowest BCUT2D eigenvalue weighted by atomic mass is 9.99. The van der Waals surface area contributed by atoms with E-state index in [9.17, 15) is 9.59 Å². The van der Waals surface area contributed by atoms with E-state index < -0.39 is 12.1 Å². The summed E-state index contributed by atoms with van der Waals surface area (Å²) in [6, 6.07) is 23.5. The molecule has 0 spiro atoms. The molecule has 0 bridgehead atoms. The summed E-state index contributed by atoms with van der Waals surface area (Å²) in [7, 11) is 0. The highest BCUT2D eigenvalue weighted by Crippen LogP contribution is 2.25. The summed E-state index contributed by atoms with van der Waals surface area (Å²) in [6.07, 6.45) is 1.86. The van der Waals surface area contributed by atoms with Gasteiger partial charge in [0.15, 0.2) is 6.04 Å². The molecule has 0 unspecified atom stereocenters. The molecule has 1 aliphatic heterocycles. The van der Waals surface area contributed by atoms with Crippen molar-refractivity contribution in [3.05, 3.63) is 101 Å². The number of benzene rings is 3. The van der Waals surface area contributed by atoms with Gasteiger partial charge in [-0.3, -0.25) is 9.59 Å². The molecule has 6 nitrogen and oxygen atoms in total. The molecule has 2 N–H and O–H groups in total. The third-order valence-electron chi connectivity index (χ3n) is 5.36. The molecule has 1 aliphatic rings. The van der Waals surface area contributed by atoms with Gasteiger partial charge in [0.2, 0.25) is 12.3 Å². The third kappa shape index (κ3) is 4.70. The highest BCUT2D eigenvalue weighted by atomic mass is 16.5. The summed E-state index contributed by atoms with van der Waals surface area (Å²) < 4.78 is 7.26. The Hall–Kier alpha value is -3.93. The number of nitrogens with zero attached hydrogens (tertiary/aromatic N) is 1. The molecule has 2 amide bonds. The number of nitrogens with one attached hydrogen (secondary N) is 2. The van der Waals surface area contributed by atoms with Crippen LogP contribution >= 0.6 is 0 Å². The van der Waals surface area contributed by atoms with Gasteiger partial charge in [-0.05, 0) is 50.2 Å². The van der Waals surface area contributed by atoms with Gasteiger partial charge in [-0.2, -0.15) is 0 Å².